The maximum absolute atomic E-state index is 12.4. The minimum Gasteiger partial charge on any atom is -0.380 e. The number of hydrogen-bond acceptors (Lipinski definition) is 3. The van der Waals surface area contributed by atoms with Crippen molar-refractivity contribution in [2.24, 2.45) is 0 Å². The van der Waals surface area contributed by atoms with E-state index >= 15 is 0 Å². The predicted octanol–water partition coefficient (Wildman–Crippen LogP) is 4.65. The minimum atomic E-state index is -0.158. The maximum Gasteiger partial charge on any atom is 0.270 e. The molecule has 1 aromatic heterocycles. The fourth-order valence-electron chi connectivity index (χ4n) is 3.20. The minimum absolute atomic E-state index is 0.158. The van der Waals surface area contributed by atoms with Crippen LogP contribution in [0.1, 0.15) is 42.7 Å². The molecule has 0 radical (unpaired) electrons. The molecule has 5 heteroatoms. The van der Waals surface area contributed by atoms with Crippen LogP contribution in [0.5, 0.6) is 0 Å². The van der Waals surface area contributed by atoms with Gasteiger partial charge in [-0.2, -0.15) is 0 Å². The Kier molecular flexibility index (Phi) is 7.59. The standard InChI is InChI=1S/C24H29N3O2/c1-3-5-6-19-7-9-20(10-8-19)21-11-13-22(14-12-21)27-18-25-17-23(27)24(28)26-15-16-29-4-2/h7-14,17-18H,3-6,15-16H2,1-2H3,(H,26,28). The second-order valence-electron chi connectivity index (χ2n) is 6.95. The highest BCUT2D eigenvalue weighted by molar-refractivity contribution is 5.93. The summed E-state index contributed by atoms with van der Waals surface area (Å²) in [5.41, 5.74) is 5.14. The highest BCUT2D eigenvalue weighted by atomic mass is 16.5. The Bertz CT molecular complexity index is 899. The van der Waals surface area contributed by atoms with E-state index in [4.69, 9.17) is 4.74 Å². The third-order valence-corrected chi connectivity index (χ3v) is 4.86. The second kappa shape index (κ2) is 10.6. The van der Waals surface area contributed by atoms with E-state index in [1.807, 2.05) is 19.1 Å². The zero-order valence-electron chi connectivity index (χ0n) is 17.2. The van der Waals surface area contributed by atoms with Crippen LogP contribution in [-0.2, 0) is 11.2 Å². The first-order chi connectivity index (χ1) is 14.2. The van der Waals surface area contributed by atoms with E-state index in [2.05, 4.69) is 53.6 Å². The maximum atomic E-state index is 12.4. The smallest absolute Gasteiger partial charge is 0.270 e. The summed E-state index contributed by atoms with van der Waals surface area (Å²) in [6.07, 6.45) is 6.81. The number of nitrogens with zero attached hydrogens (tertiary/aromatic N) is 2. The summed E-state index contributed by atoms with van der Waals surface area (Å²) in [5, 5.41) is 2.86. The molecule has 0 saturated carbocycles. The first-order valence-corrected chi connectivity index (χ1v) is 10.3. The van der Waals surface area contributed by atoms with Crippen LogP contribution in [0.4, 0.5) is 0 Å². The summed E-state index contributed by atoms with van der Waals surface area (Å²) in [4.78, 5) is 16.6. The van der Waals surface area contributed by atoms with Gasteiger partial charge in [0.05, 0.1) is 19.1 Å². The fourth-order valence-corrected chi connectivity index (χ4v) is 3.20. The van der Waals surface area contributed by atoms with Crippen LogP contribution in [0.3, 0.4) is 0 Å². The van der Waals surface area contributed by atoms with Crippen LogP contribution in [-0.4, -0.2) is 35.2 Å². The van der Waals surface area contributed by atoms with Gasteiger partial charge in [0.1, 0.15) is 5.69 Å². The highest BCUT2D eigenvalue weighted by Crippen LogP contribution is 2.22. The summed E-state index contributed by atoms with van der Waals surface area (Å²) in [6, 6.07) is 16.9. The Morgan fingerprint density at radius 3 is 2.38 bits per heavy atom. The number of imidazole rings is 1. The van der Waals surface area contributed by atoms with Crippen molar-refractivity contribution in [3.63, 3.8) is 0 Å². The number of ether oxygens (including phenoxy) is 1. The lowest BCUT2D eigenvalue weighted by Crippen LogP contribution is -2.28. The summed E-state index contributed by atoms with van der Waals surface area (Å²) < 4.78 is 7.06. The van der Waals surface area contributed by atoms with Gasteiger partial charge in [-0.05, 0) is 48.6 Å². The van der Waals surface area contributed by atoms with Gasteiger partial charge in [0, 0.05) is 18.8 Å². The molecule has 1 amide bonds. The lowest BCUT2D eigenvalue weighted by atomic mass is 10.0. The number of carbonyl (C=O) groups excluding carboxylic acids is 1. The Balaban J connectivity index is 1.69. The second-order valence-corrected chi connectivity index (χ2v) is 6.95. The zero-order valence-corrected chi connectivity index (χ0v) is 17.2. The van der Waals surface area contributed by atoms with Gasteiger partial charge in [-0.25, -0.2) is 4.98 Å². The quantitative estimate of drug-likeness (QED) is 0.512. The molecule has 2 aromatic carbocycles. The summed E-state index contributed by atoms with van der Waals surface area (Å²) in [7, 11) is 0. The lowest BCUT2D eigenvalue weighted by Gasteiger charge is -2.10. The molecular weight excluding hydrogens is 362 g/mol. The number of aryl methyl sites for hydroxylation is 1. The van der Waals surface area contributed by atoms with E-state index < -0.39 is 0 Å². The fraction of sp³-hybridized carbons (Fsp3) is 0.333. The highest BCUT2D eigenvalue weighted by Gasteiger charge is 2.12. The van der Waals surface area contributed by atoms with Crippen LogP contribution in [0, 0.1) is 0 Å². The van der Waals surface area contributed by atoms with E-state index in [1.165, 1.54) is 24.0 Å². The van der Waals surface area contributed by atoms with Gasteiger partial charge in [-0.1, -0.05) is 49.7 Å². The topological polar surface area (TPSA) is 56.2 Å². The Hall–Kier alpha value is -2.92. The molecule has 1 N–H and O–H groups in total. The van der Waals surface area contributed by atoms with E-state index in [0.717, 1.165) is 17.7 Å². The number of unbranched alkanes of at least 4 members (excludes halogenated alkanes) is 1. The van der Waals surface area contributed by atoms with E-state index in [-0.39, 0.29) is 5.91 Å². The van der Waals surface area contributed by atoms with Gasteiger partial charge in [0.2, 0.25) is 0 Å². The number of nitrogens with one attached hydrogen (secondary N) is 1. The zero-order chi connectivity index (χ0) is 20.5. The molecule has 0 unspecified atom stereocenters. The van der Waals surface area contributed by atoms with Crippen molar-refractivity contribution in [1.82, 2.24) is 14.9 Å². The molecule has 0 spiro atoms. The molecule has 0 fully saturated rings. The number of amides is 1. The molecule has 0 aliphatic carbocycles. The number of benzene rings is 2. The van der Waals surface area contributed by atoms with Crippen LogP contribution in [0.15, 0.2) is 61.1 Å². The van der Waals surface area contributed by atoms with Crippen LogP contribution >= 0.6 is 0 Å². The van der Waals surface area contributed by atoms with E-state index in [9.17, 15) is 4.79 Å². The average Bonchev–Trinajstić information content (AvgIpc) is 3.26. The molecule has 3 rings (SSSR count). The van der Waals surface area contributed by atoms with Gasteiger partial charge >= 0.3 is 0 Å². The Morgan fingerprint density at radius 2 is 1.72 bits per heavy atom. The van der Waals surface area contributed by atoms with Crippen molar-refractivity contribution in [1.29, 1.82) is 0 Å². The largest absolute Gasteiger partial charge is 0.380 e. The van der Waals surface area contributed by atoms with Crippen molar-refractivity contribution in [3.05, 3.63) is 72.3 Å². The monoisotopic (exact) mass is 391 g/mol. The third-order valence-electron chi connectivity index (χ3n) is 4.86. The van der Waals surface area contributed by atoms with Gasteiger partial charge in [0.15, 0.2) is 0 Å². The summed E-state index contributed by atoms with van der Waals surface area (Å²) >= 11 is 0. The van der Waals surface area contributed by atoms with Crippen molar-refractivity contribution in [3.8, 4) is 16.8 Å². The molecule has 0 aliphatic rings. The lowest BCUT2D eigenvalue weighted by molar-refractivity contribution is 0.0916. The summed E-state index contributed by atoms with van der Waals surface area (Å²) in [6.45, 7) is 5.77. The SMILES string of the molecule is CCCCc1ccc(-c2ccc(-n3cncc3C(=O)NCCOCC)cc2)cc1. The van der Waals surface area contributed by atoms with Crippen molar-refractivity contribution in [2.45, 2.75) is 33.1 Å². The molecule has 0 aliphatic heterocycles. The first-order valence-electron chi connectivity index (χ1n) is 10.3. The van der Waals surface area contributed by atoms with Crippen LogP contribution in [0.2, 0.25) is 0 Å². The third kappa shape index (κ3) is 5.55. The number of rotatable bonds is 10. The number of hydrogen-bond donors (Lipinski definition) is 1. The molecule has 1 heterocycles. The molecule has 0 bridgehead atoms. The molecule has 152 valence electrons. The number of aromatic nitrogens is 2. The molecule has 29 heavy (non-hydrogen) atoms. The Morgan fingerprint density at radius 1 is 1.03 bits per heavy atom. The van der Waals surface area contributed by atoms with Gasteiger partial charge in [-0.15, -0.1) is 0 Å². The van der Waals surface area contributed by atoms with Gasteiger partial charge in [-0.3, -0.25) is 9.36 Å². The van der Waals surface area contributed by atoms with E-state index in [0.29, 0.717) is 25.5 Å². The van der Waals surface area contributed by atoms with Crippen LogP contribution < -0.4 is 5.32 Å². The van der Waals surface area contributed by atoms with Crippen molar-refractivity contribution in [2.75, 3.05) is 19.8 Å². The molecule has 5 nitrogen and oxygen atoms in total. The summed E-state index contributed by atoms with van der Waals surface area (Å²) in [5.74, 6) is -0.158. The van der Waals surface area contributed by atoms with Gasteiger partial charge < -0.3 is 10.1 Å². The molecular formula is C24H29N3O2. The van der Waals surface area contributed by atoms with Crippen LogP contribution in [0.25, 0.3) is 16.8 Å². The average molecular weight is 392 g/mol. The Labute approximate surface area is 172 Å². The van der Waals surface area contributed by atoms with Gasteiger partial charge in [0.25, 0.3) is 5.91 Å². The number of carbonyl (C=O) groups is 1. The molecule has 0 saturated heterocycles. The molecule has 3 aromatic rings. The molecule has 0 atom stereocenters. The first kappa shape index (κ1) is 20.8. The van der Waals surface area contributed by atoms with Crippen molar-refractivity contribution >= 4 is 5.91 Å². The predicted molar refractivity (Wildman–Crippen MR) is 116 cm³/mol. The van der Waals surface area contributed by atoms with E-state index in [1.54, 1.807) is 17.1 Å². The van der Waals surface area contributed by atoms with Crippen molar-refractivity contribution < 1.29 is 9.53 Å². The normalized spacial score (nSPS) is 10.8.